The minimum Gasteiger partial charge on any atom is -0.356 e. The Morgan fingerprint density at radius 3 is 2.69 bits per heavy atom. The lowest BCUT2D eigenvalue weighted by Gasteiger charge is -2.17. The van der Waals surface area contributed by atoms with Crippen molar-refractivity contribution >= 4 is 17.6 Å². The molecule has 3 aromatic rings. The lowest BCUT2D eigenvalue weighted by atomic mass is 10.0. The van der Waals surface area contributed by atoms with E-state index in [2.05, 4.69) is 40.1 Å². The van der Waals surface area contributed by atoms with E-state index in [1.807, 2.05) is 26.0 Å². The SMILES string of the molecule is Cc1cc(N2CC[C@@H](c3cc(Nc4ncccn4)nc(C)n3)C2)ncn1. The van der Waals surface area contributed by atoms with Gasteiger partial charge in [0.2, 0.25) is 5.95 Å². The Morgan fingerprint density at radius 1 is 1.04 bits per heavy atom. The molecule has 1 aliphatic rings. The molecule has 1 saturated heterocycles. The van der Waals surface area contributed by atoms with Crippen molar-refractivity contribution in [1.82, 2.24) is 29.9 Å². The summed E-state index contributed by atoms with van der Waals surface area (Å²) < 4.78 is 0. The van der Waals surface area contributed by atoms with Crippen LogP contribution in [-0.4, -0.2) is 43.0 Å². The maximum atomic E-state index is 4.65. The Balaban J connectivity index is 1.53. The summed E-state index contributed by atoms with van der Waals surface area (Å²) in [6, 6.07) is 5.79. The molecule has 0 saturated carbocycles. The third-order valence-electron chi connectivity index (χ3n) is 4.38. The van der Waals surface area contributed by atoms with Crippen LogP contribution in [0, 0.1) is 13.8 Å². The lowest BCUT2D eigenvalue weighted by Crippen LogP contribution is -2.21. The van der Waals surface area contributed by atoms with E-state index in [0.29, 0.717) is 11.9 Å². The first-order chi connectivity index (χ1) is 12.7. The zero-order valence-corrected chi connectivity index (χ0v) is 14.8. The molecular formula is C18H20N8. The molecule has 0 spiro atoms. The largest absolute Gasteiger partial charge is 0.356 e. The van der Waals surface area contributed by atoms with E-state index in [0.717, 1.165) is 48.4 Å². The van der Waals surface area contributed by atoms with E-state index < -0.39 is 0 Å². The van der Waals surface area contributed by atoms with Crippen LogP contribution in [0.1, 0.15) is 29.6 Å². The molecule has 3 aromatic heterocycles. The molecule has 0 radical (unpaired) electrons. The van der Waals surface area contributed by atoms with Gasteiger partial charge in [-0.05, 0) is 26.3 Å². The van der Waals surface area contributed by atoms with Crippen molar-refractivity contribution in [3.8, 4) is 0 Å². The standard InChI is InChI=1S/C18H20N8/c1-12-8-17(22-11-21-12)26-7-4-14(10-26)15-9-16(24-13(2)23-15)25-18-19-5-3-6-20-18/h3,5-6,8-9,11,14H,4,7,10H2,1-2H3,(H,19,20,23,24,25)/t14-/m1/s1. The fraction of sp³-hybridized carbons (Fsp3) is 0.333. The lowest BCUT2D eigenvalue weighted by molar-refractivity contribution is 0.733. The Hall–Kier alpha value is -3.16. The topological polar surface area (TPSA) is 92.6 Å². The summed E-state index contributed by atoms with van der Waals surface area (Å²) in [5.41, 5.74) is 2.01. The van der Waals surface area contributed by atoms with E-state index in [4.69, 9.17) is 0 Å². The van der Waals surface area contributed by atoms with Crippen molar-refractivity contribution in [3.05, 3.63) is 54.1 Å². The van der Waals surface area contributed by atoms with Gasteiger partial charge in [-0.15, -0.1) is 0 Å². The summed E-state index contributed by atoms with van der Waals surface area (Å²) >= 11 is 0. The average molecular weight is 348 g/mol. The normalized spacial score (nSPS) is 16.7. The van der Waals surface area contributed by atoms with Crippen molar-refractivity contribution in [2.24, 2.45) is 0 Å². The summed E-state index contributed by atoms with van der Waals surface area (Å²) in [5, 5.41) is 3.15. The van der Waals surface area contributed by atoms with Crippen LogP contribution in [0.5, 0.6) is 0 Å². The van der Waals surface area contributed by atoms with Gasteiger partial charge in [-0.1, -0.05) is 0 Å². The van der Waals surface area contributed by atoms with Gasteiger partial charge in [0.25, 0.3) is 0 Å². The molecule has 26 heavy (non-hydrogen) atoms. The third kappa shape index (κ3) is 3.58. The van der Waals surface area contributed by atoms with Crippen molar-refractivity contribution in [2.75, 3.05) is 23.3 Å². The Labute approximate surface area is 151 Å². The molecular weight excluding hydrogens is 328 g/mol. The molecule has 0 unspecified atom stereocenters. The van der Waals surface area contributed by atoms with E-state index >= 15 is 0 Å². The second-order valence-corrected chi connectivity index (χ2v) is 6.37. The summed E-state index contributed by atoms with van der Waals surface area (Å²) in [5.74, 6) is 3.29. The second kappa shape index (κ2) is 6.99. The van der Waals surface area contributed by atoms with Crippen molar-refractivity contribution in [2.45, 2.75) is 26.2 Å². The highest BCUT2D eigenvalue weighted by Crippen LogP contribution is 2.30. The van der Waals surface area contributed by atoms with Gasteiger partial charge in [-0.2, -0.15) is 0 Å². The van der Waals surface area contributed by atoms with E-state index in [-0.39, 0.29) is 0 Å². The number of anilines is 3. The highest BCUT2D eigenvalue weighted by molar-refractivity contribution is 5.49. The van der Waals surface area contributed by atoms with Crippen molar-refractivity contribution in [1.29, 1.82) is 0 Å². The van der Waals surface area contributed by atoms with Gasteiger partial charge in [-0.3, -0.25) is 0 Å². The Bertz CT molecular complexity index is 899. The summed E-state index contributed by atoms with van der Waals surface area (Å²) in [7, 11) is 0. The zero-order chi connectivity index (χ0) is 17.9. The van der Waals surface area contributed by atoms with Gasteiger partial charge in [0, 0.05) is 49.2 Å². The van der Waals surface area contributed by atoms with Gasteiger partial charge in [-0.25, -0.2) is 29.9 Å². The Morgan fingerprint density at radius 2 is 1.88 bits per heavy atom. The van der Waals surface area contributed by atoms with E-state index in [1.54, 1.807) is 24.8 Å². The van der Waals surface area contributed by atoms with Crippen LogP contribution >= 0.6 is 0 Å². The minimum absolute atomic E-state index is 0.337. The molecule has 1 fully saturated rings. The van der Waals surface area contributed by atoms with Gasteiger partial charge < -0.3 is 10.2 Å². The molecule has 1 atom stereocenters. The fourth-order valence-corrected chi connectivity index (χ4v) is 3.17. The predicted octanol–water partition coefficient (Wildman–Crippen LogP) is 2.41. The quantitative estimate of drug-likeness (QED) is 0.768. The maximum absolute atomic E-state index is 4.65. The first-order valence-electron chi connectivity index (χ1n) is 8.60. The van der Waals surface area contributed by atoms with Crippen LogP contribution in [0.2, 0.25) is 0 Å². The van der Waals surface area contributed by atoms with E-state index in [1.165, 1.54) is 0 Å². The number of nitrogens with zero attached hydrogens (tertiary/aromatic N) is 7. The Kier molecular flexibility index (Phi) is 4.39. The molecule has 0 aliphatic carbocycles. The smallest absolute Gasteiger partial charge is 0.228 e. The van der Waals surface area contributed by atoms with Crippen LogP contribution < -0.4 is 10.2 Å². The average Bonchev–Trinajstić information content (AvgIpc) is 3.12. The molecule has 0 amide bonds. The van der Waals surface area contributed by atoms with Gasteiger partial charge in [0.05, 0.1) is 5.69 Å². The van der Waals surface area contributed by atoms with Crippen molar-refractivity contribution in [3.63, 3.8) is 0 Å². The third-order valence-corrected chi connectivity index (χ3v) is 4.38. The predicted molar refractivity (Wildman–Crippen MR) is 98.4 cm³/mol. The molecule has 1 aliphatic heterocycles. The first-order valence-corrected chi connectivity index (χ1v) is 8.60. The number of aromatic nitrogens is 6. The first kappa shape index (κ1) is 16.3. The monoisotopic (exact) mass is 348 g/mol. The molecule has 8 heteroatoms. The van der Waals surface area contributed by atoms with Crippen molar-refractivity contribution < 1.29 is 0 Å². The zero-order valence-electron chi connectivity index (χ0n) is 14.8. The highest BCUT2D eigenvalue weighted by Gasteiger charge is 2.26. The van der Waals surface area contributed by atoms with Gasteiger partial charge in [0.15, 0.2) is 0 Å². The van der Waals surface area contributed by atoms with Crippen LogP contribution in [0.4, 0.5) is 17.6 Å². The summed E-state index contributed by atoms with van der Waals surface area (Å²) in [4.78, 5) is 28.3. The second-order valence-electron chi connectivity index (χ2n) is 6.37. The maximum Gasteiger partial charge on any atom is 0.228 e. The molecule has 4 rings (SSSR count). The molecule has 0 aromatic carbocycles. The summed E-state index contributed by atoms with van der Waals surface area (Å²) in [6.07, 6.45) is 6.04. The van der Waals surface area contributed by atoms with Gasteiger partial charge in [0.1, 0.15) is 23.8 Å². The number of hydrogen-bond acceptors (Lipinski definition) is 8. The minimum atomic E-state index is 0.337. The van der Waals surface area contributed by atoms with Crippen LogP contribution in [0.25, 0.3) is 0 Å². The fourth-order valence-electron chi connectivity index (χ4n) is 3.17. The highest BCUT2D eigenvalue weighted by atomic mass is 15.2. The number of aryl methyl sites for hydroxylation is 2. The van der Waals surface area contributed by atoms with E-state index in [9.17, 15) is 0 Å². The number of nitrogens with one attached hydrogen (secondary N) is 1. The van der Waals surface area contributed by atoms with Crippen LogP contribution in [-0.2, 0) is 0 Å². The van der Waals surface area contributed by atoms with Crippen LogP contribution in [0.3, 0.4) is 0 Å². The summed E-state index contributed by atoms with van der Waals surface area (Å²) in [6.45, 7) is 5.72. The molecule has 132 valence electrons. The number of rotatable bonds is 4. The molecule has 0 bridgehead atoms. The molecule has 4 heterocycles. The van der Waals surface area contributed by atoms with Crippen LogP contribution in [0.15, 0.2) is 36.9 Å². The number of hydrogen-bond donors (Lipinski definition) is 1. The molecule has 8 nitrogen and oxygen atoms in total. The molecule has 1 N–H and O–H groups in total. The van der Waals surface area contributed by atoms with Gasteiger partial charge >= 0.3 is 0 Å².